The Morgan fingerprint density at radius 2 is 1.18 bits per heavy atom. The fraction of sp³-hybridized carbons (Fsp3) is 0.138. The van der Waals surface area contributed by atoms with Gasteiger partial charge in [0.25, 0.3) is 0 Å². The smallest absolute Gasteiger partial charge is 0.343 e. The molecule has 3 aromatic carbocycles. The van der Waals surface area contributed by atoms with Crippen molar-refractivity contribution in [1.82, 2.24) is 0 Å². The number of rotatable bonds is 13. The molecule has 0 saturated carbocycles. The minimum atomic E-state index is -1.15. The Morgan fingerprint density at radius 1 is 0.711 bits per heavy atom. The predicted molar refractivity (Wildman–Crippen MR) is 137 cm³/mol. The van der Waals surface area contributed by atoms with Gasteiger partial charge in [0.1, 0.15) is 23.0 Å². The molecule has 0 amide bonds. The van der Waals surface area contributed by atoms with E-state index in [2.05, 4.69) is 13.2 Å². The van der Waals surface area contributed by atoms with Gasteiger partial charge in [0.15, 0.2) is 0 Å². The molecule has 0 fully saturated rings. The first kappa shape index (κ1) is 27.7. The van der Waals surface area contributed by atoms with Crippen molar-refractivity contribution in [2.75, 3.05) is 13.2 Å². The molecular formula is C29H26O9. The summed E-state index contributed by atoms with van der Waals surface area (Å²) in [7, 11) is 0. The van der Waals surface area contributed by atoms with Gasteiger partial charge in [0, 0.05) is 12.5 Å². The summed E-state index contributed by atoms with van der Waals surface area (Å²) < 4.78 is 26.3. The first-order chi connectivity index (χ1) is 18.4. The molecule has 3 aromatic rings. The number of esters is 3. The fourth-order valence-electron chi connectivity index (χ4n) is 2.93. The highest BCUT2D eigenvalue weighted by atomic mass is 16.6. The van der Waals surface area contributed by atoms with E-state index >= 15 is 0 Å². The predicted octanol–water partition coefficient (Wildman–Crippen LogP) is 4.51. The van der Waals surface area contributed by atoms with Crippen LogP contribution in [0.15, 0.2) is 98.1 Å². The average Bonchev–Trinajstić information content (AvgIpc) is 2.94. The van der Waals surface area contributed by atoms with Gasteiger partial charge in [-0.3, -0.25) is 0 Å². The van der Waals surface area contributed by atoms with Gasteiger partial charge in [-0.05, 0) is 78.9 Å². The number of carbonyl (C=O) groups excluding carboxylic acids is 3. The Kier molecular flexibility index (Phi) is 10.2. The van der Waals surface area contributed by atoms with Crippen LogP contribution >= 0.6 is 0 Å². The third kappa shape index (κ3) is 8.65. The van der Waals surface area contributed by atoms with Crippen LogP contribution in [0.1, 0.15) is 27.1 Å². The summed E-state index contributed by atoms with van der Waals surface area (Å²) in [5.41, 5.74) is 0.602. The highest BCUT2D eigenvalue weighted by molar-refractivity contribution is 5.92. The lowest BCUT2D eigenvalue weighted by atomic mass is 10.2. The van der Waals surface area contributed by atoms with Gasteiger partial charge >= 0.3 is 17.9 Å². The largest absolute Gasteiger partial charge is 0.493 e. The maximum absolute atomic E-state index is 12.4. The zero-order chi connectivity index (χ0) is 27.3. The van der Waals surface area contributed by atoms with E-state index in [9.17, 15) is 19.5 Å². The van der Waals surface area contributed by atoms with Crippen LogP contribution < -0.4 is 18.9 Å². The van der Waals surface area contributed by atoms with Gasteiger partial charge in [0.2, 0.25) is 6.29 Å². The topological polar surface area (TPSA) is 118 Å². The molecule has 9 heteroatoms. The second-order valence-electron chi connectivity index (χ2n) is 7.62. The molecule has 38 heavy (non-hydrogen) atoms. The van der Waals surface area contributed by atoms with E-state index in [4.69, 9.17) is 23.7 Å². The molecule has 0 aliphatic carbocycles. The van der Waals surface area contributed by atoms with Gasteiger partial charge in [0.05, 0.1) is 24.3 Å². The van der Waals surface area contributed by atoms with Crippen molar-refractivity contribution in [3.8, 4) is 23.0 Å². The van der Waals surface area contributed by atoms with E-state index in [-0.39, 0.29) is 23.7 Å². The summed E-state index contributed by atoms with van der Waals surface area (Å²) in [6.07, 6.45) is 1.69. The minimum absolute atomic E-state index is 0.220. The molecule has 0 radical (unpaired) electrons. The summed E-state index contributed by atoms with van der Waals surface area (Å²) in [6.45, 7) is 7.29. The molecule has 0 aliphatic rings. The zero-order valence-electron chi connectivity index (χ0n) is 20.4. The summed E-state index contributed by atoms with van der Waals surface area (Å²) in [6, 6.07) is 18.5. The maximum atomic E-state index is 12.4. The van der Waals surface area contributed by atoms with E-state index in [1.165, 1.54) is 54.6 Å². The zero-order valence-corrected chi connectivity index (χ0v) is 20.4. The Balaban J connectivity index is 1.46. The van der Waals surface area contributed by atoms with Crippen LogP contribution in [-0.4, -0.2) is 42.5 Å². The molecule has 1 N–H and O–H groups in total. The van der Waals surface area contributed by atoms with Crippen molar-refractivity contribution in [3.05, 3.63) is 109 Å². The van der Waals surface area contributed by atoms with Crippen LogP contribution in [0, 0.1) is 0 Å². The third-order valence-electron chi connectivity index (χ3n) is 4.85. The van der Waals surface area contributed by atoms with Gasteiger partial charge in [-0.1, -0.05) is 13.2 Å². The molecule has 9 nitrogen and oxygen atoms in total. The standard InChI is InChI=1S/C29H26O9/c1-3-26(30)35-19-5-18-34-22-10-6-20(7-11-22)28(32)37-24-14-16-25(17-15-24)38-29(33)21-8-12-23(13-9-21)36-27(31)4-2/h3-4,6-17,27,31H,1-2,5,18-19H2. The lowest BCUT2D eigenvalue weighted by molar-refractivity contribution is -0.137. The SMILES string of the molecule is C=CC(=O)OCCCOc1ccc(C(=O)Oc2ccc(OC(=O)c3ccc(OC(O)C=C)cc3)cc2)cc1. The minimum Gasteiger partial charge on any atom is -0.493 e. The number of hydrogen-bond acceptors (Lipinski definition) is 9. The van der Waals surface area contributed by atoms with Gasteiger partial charge in [-0.2, -0.15) is 0 Å². The highest BCUT2D eigenvalue weighted by Crippen LogP contribution is 2.21. The van der Waals surface area contributed by atoms with E-state index in [1.54, 1.807) is 24.3 Å². The quantitative estimate of drug-likeness (QED) is 0.0871. The first-order valence-electron chi connectivity index (χ1n) is 11.5. The molecule has 1 atom stereocenters. The van der Waals surface area contributed by atoms with Crippen molar-refractivity contribution < 1.29 is 43.2 Å². The normalized spacial score (nSPS) is 11.0. The van der Waals surface area contributed by atoms with E-state index < -0.39 is 24.2 Å². The summed E-state index contributed by atoms with van der Waals surface area (Å²) in [5.74, 6) is -0.190. The number of benzene rings is 3. The summed E-state index contributed by atoms with van der Waals surface area (Å²) in [4.78, 5) is 35.8. The second kappa shape index (κ2) is 14.0. The monoisotopic (exact) mass is 518 g/mol. The molecule has 0 bridgehead atoms. The van der Waals surface area contributed by atoms with Crippen LogP contribution in [0.4, 0.5) is 0 Å². The van der Waals surface area contributed by atoms with Crippen LogP contribution in [-0.2, 0) is 9.53 Å². The Morgan fingerprint density at radius 3 is 1.66 bits per heavy atom. The summed E-state index contributed by atoms with van der Waals surface area (Å²) >= 11 is 0. The Hall–Kier alpha value is -4.89. The fourth-order valence-corrected chi connectivity index (χ4v) is 2.93. The molecule has 0 heterocycles. The van der Waals surface area contributed by atoms with Crippen LogP contribution in [0.3, 0.4) is 0 Å². The van der Waals surface area contributed by atoms with Crippen LogP contribution in [0.2, 0.25) is 0 Å². The van der Waals surface area contributed by atoms with Crippen molar-refractivity contribution >= 4 is 17.9 Å². The van der Waals surface area contributed by atoms with Crippen molar-refractivity contribution in [2.45, 2.75) is 12.7 Å². The van der Waals surface area contributed by atoms with Crippen LogP contribution in [0.25, 0.3) is 0 Å². The lowest BCUT2D eigenvalue weighted by Gasteiger charge is -2.10. The number of aliphatic hydroxyl groups is 1. The maximum Gasteiger partial charge on any atom is 0.343 e. The summed E-state index contributed by atoms with van der Waals surface area (Å²) in [5, 5.41) is 9.42. The average molecular weight is 519 g/mol. The van der Waals surface area contributed by atoms with Crippen molar-refractivity contribution in [1.29, 1.82) is 0 Å². The van der Waals surface area contributed by atoms with E-state index in [0.29, 0.717) is 30.1 Å². The first-order valence-corrected chi connectivity index (χ1v) is 11.5. The van der Waals surface area contributed by atoms with E-state index in [1.807, 2.05) is 0 Å². The lowest BCUT2D eigenvalue weighted by Crippen LogP contribution is -2.12. The van der Waals surface area contributed by atoms with E-state index in [0.717, 1.165) is 6.08 Å². The number of hydrogen-bond donors (Lipinski definition) is 1. The highest BCUT2D eigenvalue weighted by Gasteiger charge is 2.12. The molecule has 1 unspecified atom stereocenters. The third-order valence-corrected chi connectivity index (χ3v) is 4.85. The van der Waals surface area contributed by atoms with Crippen LogP contribution in [0.5, 0.6) is 23.0 Å². The van der Waals surface area contributed by atoms with Crippen molar-refractivity contribution in [2.24, 2.45) is 0 Å². The second-order valence-corrected chi connectivity index (χ2v) is 7.62. The molecule has 0 aromatic heterocycles. The molecule has 0 aliphatic heterocycles. The van der Waals surface area contributed by atoms with Gasteiger partial charge in [-0.25, -0.2) is 14.4 Å². The molecule has 3 rings (SSSR count). The molecular weight excluding hydrogens is 492 g/mol. The molecule has 196 valence electrons. The molecule has 0 saturated heterocycles. The number of aliphatic hydroxyl groups excluding tert-OH is 1. The van der Waals surface area contributed by atoms with Gasteiger partial charge in [-0.15, -0.1) is 0 Å². The molecule has 0 spiro atoms. The Bertz CT molecular complexity index is 1250. The number of carbonyl (C=O) groups is 3. The van der Waals surface area contributed by atoms with Crippen molar-refractivity contribution in [3.63, 3.8) is 0 Å². The number of ether oxygens (including phenoxy) is 5. The Labute approximate surface area is 219 Å². The van der Waals surface area contributed by atoms with Gasteiger partial charge < -0.3 is 28.8 Å².